The van der Waals surface area contributed by atoms with Gasteiger partial charge in [-0.3, -0.25) is 4.90 Å². The van der Waals surface area contributed by atoms with Crippen LogP contribution in [0, 0.1) is 0 Å². The zero-order valence-electron chi connectivity index (χ0n) is 19.1. The van der Waals surface area contributed by atoms with Crippen molar-refractivity contribution in [1.82, 2.24) is 14.5 Å². The fourth-order valence-electron chi connectivity index (χ4n) is 3.79. The van der Waals surface area contributed by atoms with E-state index in [9.17, 15) is 0 Å². The maximum Gasteiger partial charge on any atom is 0.146 e. The van der Waals surface area contributed by atoms with Crippen molar-refractivity contribution in [3.05, 3.63) is 77.3 Å². The minimum atomic E-state index is -0.566. The highest BCUT2D eigenvalue weighted by Gasteiger charge is 2.36. The molecule has 1 aromatic heterocycles. The summed E-state index contributed by atoms with van der Waals surface area (Å²) in [5.41, 5.74) is 0.631. The highest BCUT2D eigenvalue weighted by Crippen LogP contribution is 2.23. The molecule has 1 atom stereocenters. The SMILES string of the molecule is COC1(COc2cccc(Cl)c2)COCCN(Cc2ccc(OCc3nccn3C)cc2)C1. The molecule has 3 aromatic rings. The van der Waals surface area contributed by atoms with E-state index in [4.69, 9.17) is 30.5 Å². The lowest BCUT2D eigenvalue weighted by Gasteiger charge is -2.34. The van der Waals surface area contributed by atoms with Crippen molar-refractivity contribution in [2.24, 2.45) is 7.05 Å². The summed E-state index contributed by atoms with van der Waals surface area (Å²) in [5, 5.41) is 0.644. The Morgan fingerprint density at radius 3 is 2.70 bits per heavy atom. The minimum absolute atomic E-state index is 0.375. The van der Waals surface area contributed by atoms with Crippen LogP contribution in [0.4, 0.5) is 0 Å². The smallest absolute Gasteiger partial charge is 0.146 e. The van der Waals surface area contributed by atoms with Crippen LogP contribution in [0.25, 0.3) is 0 Å². The summed E-state index contributed by atoms with van der Waals surface area (Å²) in [7, 11) is 3.67. The predicted molar refractivity (Wildman–Crippen MR) is 127 cm³/mol. The second-order valence-electron chi connectivity index (χ2n) is 8.28. The molecule has 0 spiro atoms. The Labute approximate surface area is 199 Å². The molecule has 8 heteroatoms. The number of hydrogen-bond acceptors (Lipinski definition) is 6. The lowest BCUT2D eigenvalue weighted by Crippen LogP contribution is -2.50. The maximum absolute atomic E-state index is 6.08. The summed E-state index contributed by atoms with van der Waals surface area (Å²) in [6.07, 6.45) is 3.68. The molecule has 176 valence electrons. The van der Waals surface area contributed by atoms with Gasteiger partial charge >= 0.3 is 0 Å². The van der Waals surface area contributed by atoms with Crippen LogP contribution in [0.2, 0.25) is 5.02 Å². The number of aromatic nitrogens is 2. The van der Waals surface area contributed by atoms with Gasteiger partial charge in [0.25, 0.3) is 0 Å². The van der Waals surface area contributed by atoms with Gasteiger partial charge < -0.3 is 23.5 Å². The molecule has 1 fully saturated rings. The number of methoxy groups -OCH3 is 1. The molecule has 0 N–H and O–H groups in total. The van der Waals surface area contributed by atoms with Gasteiger partial charge in [-0.25, -0.2) is 4.98 Å². The third-order valence-electron chi connectivity index (χ3n) is 5.78. The van der Waals surface area contributed by atoms with Crippen molar-refractivity contribution >= 4 is 11.6 Å². The first-order valence-corrected chi connectivity index (χ1v) is 11.3. The van der Waals surface area contributed by atoms with Gasteiger partial charge in [-0.05, 0) is 35.9 Å². The zero-order chi connectivity index (χ0) is 23.1. The van der Waals surface area contributed by atoms with Gasteiger partial charge in [-0.2, -0.15) is 0 Å². The van der Waals surface area contributed by atoms with Crippen molar-refractivity contribution in [1.29, 1.82) is 0 Å². The second kappa shape index (κ2) is 11.0. The molecule has 4 rings (SSSR count). The number of aryl methyl sites for hydroxylation is 1. The first-order valence-electron chi connectivity index (χ1n) is 11.0. The average Bonchev–Trinajstić information content (AvgIpc) is 3.12. The Kier molecular flexibility index (Phi) is 7.88. The molecule has 0 radical (unpaired) electrons. The van der Waals surface area contributed by atoms with E-state index in [1.54, 1.807) is 19.4 Å². The normalized spacial score (nSPS) is 19.2. The van der Waals surface area contributed by atoms with Crippen LogP contribution in [-0.4, -0.2) is 60.1 Å². The largest absolute Gasteiger partial charge is 0.490 e. The Bertz CT molecular complexity index is 1030. The lowest BCUT2D eigenvalue weighted by molar-refractivity contribution is -0.0925. The van der Waals surface area contributed by atoms with Crippen LogP contribution in [-0.2, 0) is 29.7 Å². The van der Waals surface area contributed by atoms with Crippen molar-refractivity contribution < 1.29 is 18.9 Å². The average molecular weight is 472 g/mol. The molecule has 0 saturated carbocycles. The molecular formula is C25H30ClN3O4. The van der Waals surface area contributed by atoms with Crippen molar-refractivity contribution in [2.75, 3.05) is 40.0 Å². The molecule has 1 aliphatic rings. The van der Waals surface area contributed by atoms with E-state index in [-0.39, 0.29) is 0 Å². The molecule has 33 heavy (non-hydrogen) atoms. The standard InChI is InChI=1S/C25H30ClN3O4/c1-28-11-10-27-24(28)16-32-22-8-6-20(7-9-22)15-29-12-13-31-18-25(17-29,30-2)19-33-23-5-3-4-21(26)14-23/h3-11,14H,12-13,15-19H2,1-2H3. The van der Waals surface area contributed by atoms with Gasteiger partial charge in [0.1, 0.15) is 36.1 Å². The first-order chi connectivity index (χ1) is 16.0. The van der Waals surface area contributed by atoms with Gasteiger partial charge in [0, 0.05) is 51.2 Å². The van der Waals surface area contributed by atoms with Crippen LogP contribution in [0.5, 0.6) is 11.5 Å². The van der Waals surface area contributed by atoms with E-state index in [0.717, 1.165) is 30.4 Å². The van der Waals surface area contributed by atoms with Crippen molar-refractivity contribution in [3.63, 3.8) is 0 Å². The number of hydrogen-bond donors (Lipinski definition) is 0. The molecule has 1 unspecified atom stereocenters. The molecule has 1 aliphatic heterocycles. The molecule has 2 heterocycles. The fraction of sp³-hybridized carbons (Fsp3) is 0.400. The number of nitrogens with zero attached hydrogens (tertiary/aromatic N) is 3. The third-order valence-corrected chi connectivity index (χ3v) is 6.01. The van der Waals surface area contributed by atoms with Gasteiger partial charge in [-0.1, -0.05) is 29.8 Å². The van der Waals surface area contributed by atoms with E-state index < -0.39 is 5.60 Å². The predicted octanol–water partition coefficient (Wildman–Crippen LogP) is 3.95. The number of ether oxygens (including phenoxy) is 4. The van der Waals surface area contributed by atoms with Crippen LogP contribution in [0.3, 0.4) is 0 Å². The topological polar surface area (TPSA) is 58.0 Å². The quantitative estimate of drug-likeness (QED) is 0.471. The van der Waals surface area contributed by atoms with Gasteiger partial charge in [0.15, 0.2) is 0 Å². The number of benzene rings is 2. The van der Waals surface area contributed by atoms with Crippen LogP contribution < -0.4 is 9.47 Å². The number of rotatable bonds is 9. The molecule has 0 amide bonds. The highest BCUT2D eigenvalue weighted by atomic mass is 35.5. The molecular weight excluding hydrogens is 442 g/mol. The molecule has 1 saturated heterocycles. The van der Waals surface area contributed by atoms with E-state index in [0.29, 0.717) is 38.0 Å². The van der Waals surface area contributed by atoms with Crippen molar-refractivity contribution in [2.45, 2.75) is 18.8 Å². The summed E-state index contributed by atoms with van der Waals surface area (Å²) in [5.74, 6) is 2.43. The second-order valence-corrected chi connectivity index (χ2v) is 8.72. The van der Waals surface area contributed by atoms with Gasteiger partial charge in [-0.15, -0.1) is 0 Å². The Morgan fingerprint density at radius 2 is 1.97 bits per heavy atom. The van der Waals surface area contributed by atoms with Crippen LogP contribution in [0.1, 0.15) is 11.4 Å². The maximum atomic E-state index is 6.08. The Balaban J connectivity index is 1.35. The van der Waals surface area contributed by atoms with Crippen LogP contribution >= 0.6 is 11.6 Å². The van der Waals surface area contributed by atoms with Crippen LogP contribution in [0.15, 0.2) is 60.9 Å². The van der Waals surface area contributed by atoms with Gasteiger partial charge in [0.05, 0.1) is 13.2 Å². The Hall–Kier alpha value is -2.58. The monoisotopic (exact) mass is 471 g/mol. The minimum Gasteiger partial charge on any atom is -0.490 e. The van der Waals surface area contributed by atoms with Crippen molar-refractivity contribution in [3.8, 4) is 11.5 Å². The summed E-state index contributed by atoms with van der Waals surface area (Å²) >= 11 is 6.08. The molecule has 0 bridgehead atoms. The summed E-state index contributed by atoms with van der Waals surface area (Å²) in [4.78, 5) is 6.62. The summed E-state index contributed by atoms with van der Waals surface area (Å²) in [6, 6.07) is 15.6. The van der Waals surface area contributed by atoms with Gasteiger partial charge in [0.2, 0.25) is 0 Å². The van der Waals surface area contributed by atoms with E-state index >= 15 is 0 Å². The highest BCUT2D eigenvalue weighted by molar-refractivity contribution is 6.30. The fourth-order valence-corrected chi connectivity index (χ4v) is 3.97. The third kappa shape index (κ3) is 6.48. The molecule has 2 aromatic carbocycles. The summed E-state index contributed by atoms with van der Waals surface area (Å²) in [6.45, 7) is 4.23. The van der Waals surface area contributed by atoms with E-state index in [1.807, 2.05) is 48.1 Å². The number of halogens is 1. The first kappa shape index (κ1) is 23.6. The molecule has 7 nitrogen and oxygen atoms in total. The number of imidazole rings is 1. The zero-order valence-corrected chi connectivity index (χ0v) is 19.8. The lowest BCUT2D eigenvalue weighted by atomic mass is 10.1. The van der Waals surface area contributed by atoms with E-state index in [1.165, 1.54) is 5.56 Å². The van der Waals surface area contributed by atoms with E-state index in [2.05, 4.69) is 22.0 Å². The molecule has 0 aliphatic carbocycles. The summed E-state index contributed by atoms with van der Waals surface area (Å²) < 4.78 is 25.6. The Morgan fingerprint density at radius 1 is 1.12 bits per heavy atom.